The average molecular weight is 380 g/mol. The van der Waals surface area contributed by atoms with Crippen molar-refractivity contribution in [2.45, 2.75) is 47.6 Å². The Morgan fingerprint density at radius 1 is 1.00 bits per heavy atom. The van der Waals surface area contributed by atoms with E-state index in [9.17, 15) is 4.79 Å². The second-order valence-electron chi connectivity index (χ2n) is 7.42. The Morgan fingerprint density at radius 3 is 2.00 bits per heavy atom. The van der Waals surface area contributed by atoms with Crippen LogP contribution in [-0.4, -0.2) is 31.2 Å². The minimum absolute atomic E-state index is 0.159. The number of anilines is 2. The summed E-state index contributed by atoms with van der Waals surface area (Å²) >= 11 is 0. The zero-order chi connectivity index (χ0) is 20.4. The third kappa shape index (κ3) is 3.61. The lowest BCUT2D eigenvalue weighted by Gasteiger charge is -2.28. The lowest BCUT2D eigenvalue weighted by molar-refractivity contribution is 0.163. The summed E-state index contributed by atoms with van der Waals surface area (Å²) in [7, 11) is 0. The maximum atomic E-state index is 12.3. The van der Waals surface area contributed by atoms with Crippen LogP contribution in [0.4, 0.5) is 16.2 Å². The monoisotopic (exact) mass is 379 g/mol. The predicted octanol–water partition coefficient (Wildman–Crippen LogP) is 5.15. The van der Waals surface area contributed by atoms with Crippen molar-refractivity contribution in [3.63, 3.8) is 0 Å². The molecule has 1 aliphatic heterocycles. The lowest BCUT2D eigenvalue weighted by Crippen LogP contribution is -2.37. The summed E-state index contributed by atoms with van der Waals surface area (Å²) in [6.07, 6.45) is -0.556. The molecule has 1 atom stereocenters. The molecular weight excluding hydrogens is 350 g/mol. The summed E-state index contributed by atoms with van der Waals surface area (Å²) in [5, 5.41) is 0. The molecule has 0 aliphatic carbocycles. The number of carbonyl (C=O) groups excluding carboxylic acids is 1. The fourth-order valence-electron chi connectivity index (χ4n) is 4.04. The number of hydrogen-bond acceptors (Lipinski definition) is 2. The molecule has 2 aromatic rings. The standard InChI is InChI=1S/C23H29N3O2/c1-7-28-23(27)24-22-25(20-15(2)10-8-11-16(20)3)14-19(6)26(22)21-17(4)12-9-13-18(21)5/h8-13,19H,7,14H2,1-6H3. The van der Waals surface area contributed by atoms with Crippen LogP contribution in [0.15, 0.2) is 41.4 Å². The largest absolute Gasteiger partial charge is 0.448 e. The molecule has 5 nitrogen and oxygen atoms in total. The number of rotatable bonds is 3. The van der Waals surface area contributed by atoms with E-state index >= 15 is 0 Å². The van der Waals surface area contributed by atoms with E-state index in [-0.39, 0.29) is 6.04 Å². The molecule has 148 valence electrons. The number of guanidine groups is 1. The van der Waals surface area contributed by atoms with Gasteiger partial charge in [0.25, 0.3) is 0 Å². The molecule has 1 fully saturated rings. The van der Waals surface area contributed by atoms with Crippen molar-refractivity contribution in [1.29, 1.82) is 0 Å². The van der Waals surface area contributed by atoms with E-state index in [0.717, 1.165) is 40.2 Å². The van der Waals surface area contributed by atoms with Gasteiger partial charge in [-0.15, -0.1) is 4.99 Å². The van der Waals surface area contributed by atoms with Crippen LogP contribution in [0.25, 0.3) is 0 Å². The van der Waals surface area contributed by atoms with Gasteiger partial charge in [0.05, 0.1) is 12.6 Å². The first-order chi connectivity index (χ1) is 13.3. The summed E-state index contributed by atoms with van der Waals surface area (Å²) in [5.41, 5.74) is 6.84. The molecule has 1 heterocycles. The normalized spacial score (nSPS) is 18.1. The van der Waals surface area contributed by atoms with Gasteiger partial charge in [0.2, 0.25) is 5.96 Å². The quantitative estimate of drug-likeness (QED) is 0.740. The van der Waals surface area contributed by atoms with Crippen LogP contribution in [0.5, 0.6) is 0 Å². The zero-order valence-corrected chi connectivity index (χ0v) is 17.6. The van der Waals surface area contributed by atoms with Gasteiger partial charge in [-0.05, 0) is 63.8 Å². The van der Waals surface area contributed by atoms with Crippen LogP contribution in [0, 0.1) is 27.7 Å². The maximum Gasteiger partial charge on any atom is 0.436 e. The molecule has 0 spiro atoms. The molecule has 0 radical (unpaired) electrons. The van der Waals surface area contributed by atoms with Crippen molar-refractivity contribution in [3.05, 3.63) is 58.7 Å². The number of carbonyl (C=O) groups is 1. The summed E-state index contributed by atoms with van der Waals surface area (Å²) in [5.74, 6) is 0.626. The summed E-state index contributed by atoms with van der Waals surface area (Å²) in [6.45, 7) is 13.4. The first kappa shape index (κ1) is 19.9. The molecule has 1 amide bonds. The Morgan fingerprint density at radius 2 is 1.50 bits per heavy atom. The van der Waals surface area contributed by atoms with Crippen molar-refractivity contribution >= 4 is 23.4 Å². The Hall–Kier alpha value is -2.82. The number of amides is 1. The van der Waals surface area contributed by atoms with Gasteiger partial charge in [0, 0.05) is 17.9 Å². The zero-order valence-electron chi connectivity index (χ0n) is 17.6. The molecule has 0 aromatic heterocycles. The molecule has 2 aromatic carbocycles. The van der Waals surface area contributed by atoms with Crippen molar-refractivity contribution in [3.8, 4) is 0 Å². The van der Waals surface area contributed by atoms with Crippen molar-refractivity contribution < 1.29 is 9.53 Å². The summed E-state index contributed by atoms with van der Waals surface area (Å²) in [4.78, 5) is 21.1. The smallest absolute Gasteiger partial charge is 0.436 e. The highest BCUT2D eigenvalue weighted by molar-refractivity contribution is 6.14. The first-order valence-corrected chi connectivity index (χ1v) is 9.79. The Labute approximate surface area is 167 Å². The van der Waals surface area contributed by atoms with Crippen LogP contribution < -0.4 is 9.80 Å². The molecule has 3 rings (SSSR count). The van der Waals surface area contributed by atoms with Crippen LogP contribution >= 0.6 is 0 Å². The number of benzene rings is 2. The van der Waals surface area contributed by atoms with E-state index in [1.54, 1.807) is 6.92 Å². The Kier molecular flexibility index (Phi) is 5.73. The molecule has 1 saturated heterocycles. The van der Waals surface area contributed by atoms with E-state index in [4.69, 9.17) is 4.74 Å². The van der Waals surface area contributed by atoms with Gasteiger partial charge in [-0.1, -0.05) is 36.4 Å². The third-order valence-corrected chi connectivity index (χ3v) is 5.19. The van der Waals surface area contributed by atoms with Gasteiger partial charge in [-0.3, -0.25) is 0 Å². The number of hydrogen-bond donors (Lipinski definition) is 0. The van der Waals surface area contributed by atoms with Crippen LogP contribution in [-0.2, 0) is 4.74 Å². The van der Waals surface area contributed by atoms with E-state index in [1.807, 2.05) is 0 Å². The number of ether oxygens (including phenoxy) is 1. The number of para-hydroxylation sites is 2. The van der Waals surface area contributed by atoms with Gasteiger partial charge in [-0.2, -0.15) is 0 Å². The van der Waals surface area contributed by atoms with Crippen molar-refractivity contribution in [1.82, 2.24) is 0 Å². The van der Waals surface area contributed by atoms with Crippen LogP contribution in [0.2, 0.25) is 0 Å². The van der Waals surface area contributed by atoms with Gasteiger partial charge in [0.15, 0.2) is 0 Å². The van der Waals surface area contributed by atoms with Crippen molar-refractivity contribution in [2.75, 3.05) is 23.0 Å². The second-order valence-corrected chi connectivity index (χ2v) is 7.42. The molecule has 0 bridgehead atoms. The summed E-state index contributed by atoms with van der Waals surface area (Å²) in [6, 6.07) is 12.6. The van der Waals surface area contributed by atoms with Gasteiger partial charge in [0.1, 0.15) is 0 Å². The predicted molar refractivity (Wildman–Crippen MR) is 116 cm³/mol. The van der Waals surface area contributed by atoms with Gasteiger partial charge < -0.3 is 14.5 Å². The Balaban J connectivity index is 2.19. The number of aliphatic imine (C=N–C) groups is 1. The van der Waals surface area contributed by atoms with E-state index < -0.39 is 6.09 Å². The summed E-state index contributed by atoms with van der Waals surface area (Å²) < 4.78 is 5.15. The number of nitrogens with zero attached hydrogens (tertiary/aromatic N) is 3. The highest BCUT2D eigenvalue weighted by Crippen LogP contribution is 2.35. The highest BCUT2D eigenvalue weighted by Gasteiger charge is 2.37. The topological polar surface area (TPSA) is 45.1 Å². The van der Waals surface area contributed by atoms with Crippen LogP contribution in [0.1, 0.15) is 36.1 Å². The van der Waals surface area contributed by atoms with Gasteiger partial charge in [-0.25, -0.2) is 4.79 Å². The lowest BCUT2D eigenvalue weighted by atomic mass is 10.1. The van der Waals surface area contributed by atoms with E-state index in [2.05, 4.69) is 85.8 Å². The third-order valence-electron chi connectivity index (χ3n) is 5.19. The highest BCUT2D eigenvalue weighted by atomic mass is 16.5. The molecule has 5 heteroatoms. The molecule has 28 heavy (non-hydrogen) atoms. The fraction of sp³-hybridized carbons (Fsp3) is 0.391. The molecular formula is C23H29N3O2. The minimum atomic E-state index is -0.556. The Bertz CT molecular complexity index is 880. The molecule has 1 unspecified atom stereocenters. The fourth-order valence-corrected chi connectivity index (χ4v) is 4.04. The van der Waals surface area contributed by atoms with Crippen molar-refractivity contribution in [2.24, 2.45) is 4.99 Å². The van der Waals surface area contributed by atoms with Crippen LogP contribution in [0.3, 0.4) is 0 Å². The molecule has 0 N–H and O–H groups in total. The van der Waals surface area contributed by atoms with Gasteiger partial charge >= 0.3 is 6.09 Å². The first-order valence-electron chi connectivity index (χ1n) is 9.79. The molecule has 0 saturated carbocycles. The second kappa shape index (κ2) is 8.05. The average Bonchev–Trinajstić information content (AvgIpc) is 2.91. The number of aryl methyl sites for hydroxylation is 4. The molecule has 1 aliphatic rings. The van der Waals surface area contributed by atoms with E-state index in [0.29, 0.717) is 12.6 Å². The van der Waals surface area contributed by atoms with E-state index in [1.165, 1.54) is 0 Å². The minimum Gasteiger partial charge on any atom is -0.448 e. The maximum absolute atomic E-state index is 12.3. The SMILES string of the molecule is CCOC(=O)N=C1N(c2c(C)cccc2C)CC(C)N1c1c(C)cccc1C.